The van der Waals surface area contributed by atoms with Gasteiger partial charge in [-0.1, -0.05) is 13.3 Å². The van der Waals surface area contributed by atoms with Crippen molar-refractivity contribution in [2.75, 3.05) is 0 Å². The highest BCUT2D eigenvalue weighted by molar-refractivity contribution is 5.72. The van der Waals surface area contributed by atoms with Crippen molar-refractivity contribution >= 4 is 11.2 Å². The van der Waals surface area contributed by atoms with Crippen molar-refractivity contribution in [1.29, 1.82) is 0 Å². The molecule has 134 valence electrons. The fraction of sp³-hybridized carbons (Fsp3) is 0.529. The zero-order valence-corrected chi connectivity index (χ0v) is 15.6. The first-order chi connectivity index (χ1) is 11.8. The number of hydrogen-bond donors (Lipinski definition) is 0. The van der Waals surface area contributed by atoms with Crippen LogP contribution in [0.15, 0.2) is 9.59 Å². The molecule has 0 saturated heterocycles. The molecular formula is C17H24N6O2. The van der Waals surface area contributed by atoms with Gasteiger partial charge in [-0.05, 0) is 32.8 Å². The van der Waals surface area contributed by atoms with Gasteiger partial charge in [0.2, 0.25) is 5.95 Å². The van der Waals surface area contributed by atoms with E-state index in [4.69, 9.17) is 0 Å². The van der Waals surface area contributed by atoms with Crippen LogP contribution in [0.1, 0.15) is 36.7 Å². The Morgan fingerprint density at radius 3 is 2.28 bits per heavy atom. The Labute approximate surface area is 145 Å². The second kappa shape index (κ2) is 6.02. The molecule has 0 aliphatic rings. The molecule has 0 spiro atoms. The molecule has 3 aromatic heterocycles. The molecule has 0 fully saturated rings. The molecule has 0 aromatic carbocycles. The van der Waals surface area contributed by atoms with Gasteiger partial charge < -0.3 is 4.57 Å². The summed E-state index contributed by atoms with van der Waals surface area (Å²) in [4.78, 5) is 29.6. The van der Waals surface area contributed by atoms with Gasteiger partial charge in [0.25, 0.3) is 5.56 Å². The first kappa shape index (κ1) is 17.2. The van der Waals surface area contributed by atoms with Gasteiger partial charge in [-0.25, -0.2) is 9.48 Å². The minimum Gasteiger partial charge on any atom is -0.302 e. The summed E-state index contributed by atoms with van der Waals surface area (Å²) in [5.41, 5.74) is 3.12. The van der Waals surface area contributed by atoms with Gasteiger partial charge >= 0.3 is 5.69 Å². The highest BCUT2D eigenvalue weighted by Crippen LogP contribution is 2.20. The van der Waals surface area contributed by atoms with Gasteiger partial charge in [0.15, 0.2) is 11.2 Å². The van der Waals surface area contributed by atoms with Crippen molar-refractivity contribution in [2.24, 2.45) is 14.1 Å². The van der Waals surface area contributed by atoms with Crippen molar-refractivity contribution in [1.82, 2.24) is 28.5 Å². The average Bonchev–Trinajstić information content (AvgIpc) is 3.09. The minimum absolute atomic E-state index is 0.328. The molecule has 0 N–H and O–H groups in total. The summed E-state index contributed by atoms with van der Waals surface area (Å²) < 4.78 is 6.20. The van der Waals surface area contributed by atoms with Crippen LogP contribution in [0.2, 0.25) is 0 Å². The smallest absolute Gasteiger partial charge is 0.302 e. The molecule has 3 rings (SSSR count). The third-order valence-electron chi connectivity index (χ3n) is 4.91. The third kappa shape index (κ3) is 2.43. The third-order valence-corrected chi connectivity index (χ3v) is 4.91. The van der Waals surface area contributed by atoms with Crippen molar-refractivity contribution in [3.63, 3.8) is 0 Å². The molecule has 8 heteroatoms. The van der Waals surface area contributed by atoms with Crippen LogP contribution in [0, 0.1) is 20.8 Å². The summed E-state index contributed by atoms with van der Waals surface area (Å²) in [6, 6.07) is 0. The number of aromatic nitrogens is 6. The van der Waals surface area contributed by atoms with Gasteiger partial charge in [-0.2, -0.15) is 10.1 Å². The normalized spacial score (nSPS) is 11.6. The summed E-state index contributed by atoms with van der Waals surface area (Å²) in [5, 5.41) is 4.59. The van der Waals surface area contributed by atoms with Crippen molar-refractivity contribution in [3.05, 3.63) is 37.8 Å². The molecule has 0 bridgehead atoms. The number of aryl methyl sites for hydroxylation is 3. The number of rotatable bonds is 4. The van der Waals surface area contributed by atoms with Gasteiger partial charge in [-0.3, -0.25) is 13.9 Å². The predicted octanol–water partition coefficient (Wildman–Crippen LogP) is 1.34. The molecule has 0 amide bonds. The molecule has 3 heterocycles. The Balaban J connectivity index is 2.45. The number of imidazole rings is 1. The van der Waals surface area contributed by atoms with Crippen LogP contribution in [0.3, 0.4) is 0 Å². The molecule has 0 aliphatic carbocycles. The van der Waals surface area contributed by atoms with Crippen molar-refractivity contribution < 1.29 is 0 Å². The Hall–Kier alpha value is -2.64. The van der Waals surface area contributed by atoms with E-state index in [1.165, 1.54) is 11.6 Å². The largest absolute Gasteiger partial charge is 0.332 e. The van der Waals surface area contributed by atoms with Gasteiger partial charge in [0, 0.05) is 26.3 Å². The fourth-order valence-corrected chi connectivity index (χ4v) is 3.04. The van der Waals surface area contributed by atoms with Crippen molar-refractivity contribution in [3.8, 4) is 5.95 Å². The first-order valence-corrected chi connectivity index (χ1v) is 8.49. The Kier molecular flexibility index (Phi) is 4.14. The summed E-state index contributed by atoms with van der Waals surface area (Å²) in [6.07, 6.45) is 1.89. The van der Waals surface area contributed by atoms with Gasteiger partial charge in [0.05, 0.1) is 5.69 Å². The van der Waals surface area contributed by atoms with Crippen LogP contribution in [0.5, 0.6) is 0 Å². The second-order valence-corrected chi connectivity index (χ2v) is 6.50. The lowest BCUT2D eigenvalue weighted by molar-refractivity contribution is 0.608. The maximum atomic E-state index is 12.7. The lowest BCUT2D eigenvalue weighted by atomic mass is 10.2. The molecular weight excluding hydrogens is 320 g/mol. The quantitative estimate of drug-likeness (QED) is 0.715. The van der Waals surface area contributed by atoms with Crippen LogP contribution in [-0.2, 0) is 20.6 Å². The maximum Gasteiger partial charge on any atom is 0.332 e. The SMILES string of the molecule is CCCCn1c(-n2nc(C)c(C)c2C)nc2c1c(=O)n(C)c(=O)n2C. The van der Waals surface area contributed by atoms with E-state index in [2.05, 4.69) is 17.0 Å². The molecule has 0 radical (unpaired) electrons. The van der Waals surface area contributed by atoms with Gasteiger partial charge in [0.1, 0.15) is 0 Å². The molecule has 0 unspecified atom stereocenters. The van der Waals surface area contributed by atoms with Crippen LogP contribution in [0.4, 0.5) is 0 Å². The number of nitrogens with zero attached hydrogens (tertiary/aromatic N) is 6. The van der Waals surface area contributed by atoms with E-state index in [0.717, 1.165) is 34.4 Å². The van der Waals surface area contributed by atoms with E-state index in [-0.39, 0.29) is 11.2 Å². The Bertz CT molecular complexity index is 1080. The Morgan fingerprint density at radius 1 is 1.04 bits per heavy atom. The monoisotopic (exact) mass is 344 g/mol. The predicted molar refractivity (Wildman–Crippen MR) is 96.5 cm³/mol. The highest BCUT2D eigenvalue weighted by atomic mass is 16.2. The summed E-state index contributed by atoms with van der Waals surface area (Å²) >= 11 is 0. The lowest BCUT2D eigenvalue weighted by Crippen LogP contribution is -2.37. The van der Waals surface area contributed by atoms with E-state index >= 15 is 0 Å². The number of hydrogen-bond acceptors (Lipinski definition) is 4. The molecule has 0 saturated carbocycles. The molecule has 3 aromatic rings. The summed E-state index contributed by atoms with van der Waals surface area (Å²) in [5.74, 6) is 0.579. The Morgan fingerprint density at radius 2 is 1.72 bits per heavy atom. The fourth-order valence-electron chi connectivity index (χ4n) is 3.04. The highest BCUT2D eigenvalue weighted by Gasteiger charge is 2.22. The van der Waals surface area contributed by atoms with Crippen molar-refractivity contribution in [2.45, 2.75) is 47.1 Å². The first-order valence-electron chi connectivity index (χ1n) is 8.49. The summed E-state index contributed by atoms with van der Waals surface area (Å²) in [7, 11) is 3.13. The van der Waals surface area contributed by atoms with Crippen LogP contribution >= 0.6 is 0 Å². The van der Waals surface area contributed by atoms with E-state index < -0.39 is 0 Å². The minimum atomic E-state index is -0.381. The number of fused-ring (bicyclic) bond motifs is 1. The number of unbranched alkanes of at least 4 members (excludes halogenated alkanes) is 1. The lowest BCUT2D eigenvalue weighted by Gasteiger charge is -2.09. The summed E-state index contributed by atoms with van der Waals surface area (Å²) in [6.45, 7) is 8.69. The van der Waals surface area contributed by atoms with E-state index in [0.29, 0.717) is 23.7 Å². The molecule has 0 atom stereocenters. The zero-order chi connectivity index (χ0) is 18.5. The second-order valence-electron chi connectivity index (χ2n) is 6.50. The topological polar surface area (TPSA) is 79.6 Å². The maximum absolute atomic E-state index is 12.7. The molecule has 0 aliphatic heterocycles. The molecule has 8 nitrogen and oxygen atoms in total. The molecule has 25 heavy (non-hydrogen) atoms. The van der Waals surface area contributed by atoms with E-state index in [1.807, 2.05) is 25.3 Å². The zero-order valence-electron chi connectivity index (χ0n) is 15.6. The van der Waals surface area contributed by atoms with E-state index in [9.17, 15) is 9.59 Å². The average molecular weight is 344 g/mol. The van der Waals surface area contributed by atoms with E-state index in [1.54, 1.807) is 11.7 Å². The standard InChI is InChI=1S/C17H24N6O2/c1-7-8-9-22-13-14(20(5)17(25)21(6)15(13)24)18-16(22)23-12(4)10(2)11(3)19-23/h7-9H2,1-6H3. The van der Waals surface area contributed by atoms with Crippen LogP contribution in [0.25, 0.3) is 17.1 Å². The van der Waals surface area contributed by atoms with Crippen LogP contribution in [-0.4, -0.2) is 28.5 Å². The van der Waals surface area contributed by atoms with Gasteiger partial charge in [-0.15, -0.1) is 0 Å². The van der Waals surface area contributed by atoms with Crippen LogP contribution < -0.4 is 11.2 Å².